The summed E-state index contributed by atoms with van der Waals surface area (Å²) in [4.78, 5) is 29.0. The van der Waals surface area contributed by atoms with E-state index in [1.807, 2.05) is 38.1 Å². The van der Waals surface area contributed by atoms with Crippen LogP contribution < -0.4 is 10.6 Å². The summed E-state index contributed by atoms with van der Waals surface area (Å²) in [5, 5.41) is 5.56. The molecule has 1 heterocycles. The number of aryl methyl sites for hydroxylation is 2. The van der Waals surface area contributed by atoms with Crippen molar-refractivity contribution >= 4 is 34.0 Å². The van der Waals surface area contributed by atoms with Crippen LogP contribution in [-0.4, -0.2) is 16.8 Å². The Morgan fingerprint density at radius 1 is 1.04 bits per heavy atom. The van der Waals surface area contributed by atoms with E-state index in [9.17, 15) is 14.0 Å². The zero-order chi connectivity index (χ0) is 19.6. The second-order valence-corrected chi connectivity index (χ2v) is 7.32. The number of amides is 2. The van der Waals surface area contributed by atoms with Crippen LogP contribution in [0.5, 0.6) is 0 Å². The molecule has 3 rings (SSSR count). The SMILES string of the molecule is CC(=O)Nc1ccc(F)c(C(=O)Nc2nc(-c3ccc(C)cc3)c(C)s2)c1. The summed E-state index contributed by atoms with van der Waals surface area (Å²) in [6.07, 6.45) is 0. The molecule has 0 unspecified atom stereocenters. The molecule has 0 fully saturated rings. The van der Waals surface area contributed by atoms with Gasteiger partial charge in [0.25, 0.3) is 5.91 Å². The average Bonchev–Trinajstić information content (AvgIpc) is 2.97. The largest absolute Gasteiger partial charge is 0.326 e. The summed E-state index contributed by atoms with van der Waals surface area (Å²) in [6, 6.07) is 11.8. The lowest BCUT2D eigenvalue weighted by Crippen LogP contribution is -2.15. The van der Waals surface area contributed by atoms with Crippen LogP contribution in [0.25, 0.3) is 11.3 Å². The van der Waals surface area contributed by atoms with Crippen molar-refractivity contribution < 1.29 is 14.0 Å². The van der Waals surface area contributed by atoms with Crippen molar-refractivity contribution in [3.63, 3.8) is 0 Å². The fraction of sp³-hybridized carbons (Fsp3) is 0.150. The minimum atomic E-state index is -0.673. The Balaban J connectivity index is 1.83. The molecule has 0 radical (unpaired) electrons. The lowest BCUT2D eigenvalue weighted by atomic mass is 10.1. The van der Waals surface area contributed by atoms with Gasteiger partial charge in [-0.1, -0.05) is 29.8 Å². The molecule has 3 aromatic rings. The number of thiazole rings is 1. The van der Waals surface area contributed by atoms with Gasteiger partial charge in [-0.05, 0) is 32.0 Å². The Morgan fingerprint density at radius 2 is 1.74 bits per heavy atom. The van der Waals surface area contributed by atoms with Gasteiger partial charge >= 0.3 is 0 Å². The smallest absolute Gasteiger partial charge is 0.260 e. The van der Waals surface area contributed by atoms with Crippen LogP contribution >= 0.6 is 11.3 Å². The number of carbonyl (C=O) groups excluding carboxylic acids is 2. The van der Waals surface area contributed by atoms with Gasteiger partial charge in [0.2, 0.25) is 5.91 Å². The van der Waals surface area contributed by atoms with E-state index >= 15 is 0 Å². The van der Waals surface area contributed by atoms with Crippen LogP contribution in [-0.2, 0) is 4.79 Å². The van der Waals surface area contributed by atoms with Gasteiger partial charge in [-0.2, -0.15) is 0 Å². The number of nitrogens with one attached hydrogen (secondary N) is 2. The van der Waals surface area contributed by atoms with E-state index in [0.29, 0.717) is 10.8 Å². The Bertz CT molecular complexity index is 1010. The molecular weight excluding hydrogens is 365 g/mol. The first-order chi connectivity index (χ1) is 12.8. The maximum Gasteiger partial charge on any atom is 0.260 e. The third-order valence-electron chi connectivity index (χ3n) is 3.87. The molecule has 0 spiro atoms. The number of benzene rings is 2. The highest BCUT2D eigenvalue weighted by atomic mass is 32.1. The van der Waals surface area contributed by atoms with E-state index in [-0.39, 0.29) is 11.5 Å². The Kier molecular flexibility index (Phi) is 5.32. The minimum absolute atomic E-state index is 0.161. The van der Waals surface area contributed by atoms with Gasteiger partial charge < -0.3 is 5.32 Å². The Hall–Kier alpha value is -3.06. The molecule has 7 heteroatoms. The van der Waals surface area contributed by atoms with Gasteiger partial charge in [-0.25, -0.2) is 9.37 Å². The summed E-state index contributed by atoms with van der Waals surface area (Å²) in [5.74, 6) is -1.59. The van der Waals surface area contributed by atoms with Crippen molar-refractivity contribution in [2.45, 2.75) is 20.8 Å². The number of rotatable bonds is 4. The fourth-order valence-electron chi connectivity index (χ4n) is 2.57. The van der Waals surface area contributed by atoms with E-state index in [1.54, 1.807) is 0 Å². The highest BCUT2D eigenvalue weighted by molar-refractivity contribution is 7.16. The highest BCUT2D eigenvalue weighted by Gasteiger charge is 2.17. The number of halogens is 1. The van der Waals surface area contributed by atoms with Gasteiger partial charge in [-0.15, -0.1) is 11.3 Å². The summed E-state index contributed by atoms with van der Waals surface area (Å²) < 4.78 is 14.1. The maximum absolute atomic E-state index is 14.1. The summed E-state index contributed by atoms with van der Waals surface area (Å²) >= 11 is 1.32. The van der Waals surface area contributed by atoms with Crippen LogP contribution in [0.3, 0.4) is 0 Å². The van der Waals surface area contributed by atoms with E-state index in [1.165, 1.54) is 30.4 Å². The van der Waals surface area contributed by atoms with Crippen molar-refractivity contribution in [3.05, 3.63) is 64.3 Å². The fourth-order valence-corrected chi connectivity index (χ4v) is 3.40. The van der Waals surface area contributed by atoms with Gasteiger partial charge in [0, 0.05) is 23.1 Å². The van der Waals surface area contributed by atoms with Gasteiger partial charge in [0.05, 0.1) is 11.3 Å². The lowest BCUT2D eigenvalue weighted by Gasteiger charge is -2.07. The van der Waals surface area contributed by atoms with Crippen LogP contribution in [0.4, 0.5) is 15.2 Å². The molecule has 138 valence electrons. The average molecular weight is 383 g/mol. The van der Waals surface area contributed by atoms with E-state index < -0.39 is 11.7 Å². The molecule has 2 amide bonds. The summed E-state index contributed by atoms with van der Waals surface area (Å²) in [5.41, 5.74) is 3.07. The first kappa shape index (κ1) is 18.7. The van der Waals surface area contributed by atoms with Crippen molar-refractivity contribution in [1.29, 1.82) is 0 Å². The van der Waals surface area contributed by atoms with Gasteiger partial charge in [-0.3, -0.25) is 14.9 Å². The van der Waals surface area contributed by atoms with Crippen LogP contribution in [0.2, 0.25) is 0 Å². The van der Waals surface area contributed by atoms with Crippen molar-refractivity contribution in [3.8, 4) is 11.3 Å². The zero-order valence-corrected chi connectivity index (χ0v) is 15.9. The molecule has 5 nitrogen and oxygen atoms in total. The topological polar surface area (TPSA) is 71.1 Å². The number of hydrogen-bond donors (Lipinski definition) is 2. The van der Waals surface area contributed by atoms with Crippen LogP contribution in [0, 0.1) is 19.7 Å². The quantitative estimate of drug-likeness (QED) is 0.681. The molecule has 0 saturated carbocycles. The molecule has 2 N–H and O–H groups in total. The molecular formula is C20H18FN3O2S. The standard InChI is InChI=1S/C20H18FN3O2S/c1-11-4-6-14(7-5-11)18-12(2)27-20(23-18)24-19(26)16-10-15(22-13(3)25)8-9-17(16)21/h4-10H,1-3H3,(H,22,25)(H,23,24,26). The number of aromatic nitrogens is 1. The van der Waals surface area contributed by atoms with Crippen LogP contribution in [0.15, 0.2) is 42.5 Å². The normalized spacial score (nSPS) is 10.5. The molecule has 0 aliphatic heterocycles. The van der Waals surface area contributed by atoms with Crippen molar-refractivity contribution in [2.24, 2.45) is 0 Å². The number of carbonyl (C=O) groups is 2. The van der Waals surface area contributed by atoms with E-state index in [2.05, 4.69) is 15.6 Å². The highest BCUT2D eigenvalue weighted by Crippen LogP contribution is 2.31. The maximum atomic E-state index is 14.1. The third-order valence-corrected chi connectivity index (χ3v) is 4.76. The van der Waals surface area contributed by atoms with Gasteiger partial charge in [0.15, 0.2) is 5.13 Å². The Morgan fingerprint density at radius 3 is 2.41 bits per heavy atom. The van der Waals surface area contributed by atoms with Gasteiger partial charge in [0.1, 0.15) is 5.82 Å². The number of anilines is 2. The summed E-state index contributed by atoms with van der Waals surface area (Å²) in [7, 11) is 0. The molecule has 2 aromatic carbocycles. The molecule has 0 bridgehead atoms. The Labute approximate surface area is 160 Å². The van der Waals surface area contributed by atoms with Crippen molar-refractivity contribution in [2.75, 3.05) is 10.6 Å². The molecule has 0 aliphatic rings. The predicted molar refractivity (Wildman–Crippen MR) is 106 cm³/mol. The number of nitrogens with zero attached hydrogens (tertiary/aromatic N) is 1. The van der Waals surface area contributed by atoms with E-state index in [4.69, 9.17) is 0 Å². The zero-order valence-electron chi connectivity index (χ0n) is 15.1. The molecule has 27 heavy (non-hydrogen) atoms. The lowest BCUT2D eigenvalue weighted by molar-refractivity contribution is -0.114. The predicted octanol–water partition coefficient (Wildman–Crippen LogP) is 4.78. The molecule has 0 atom stereocenters. The van der Waals surface area contributed by atoms with E-state index in [0.717, 1.165) is 27.8 Å². The first-order valence-electron chi connectivity index (χ1n) is 8.26. The first-order valence-corrected chi connectivity index (χ1v) is 9.08. The second-order valence-electron chi connectivity index (χ2n) is 6.12. The third kappa shape index (κ3) is 4.38. The summed E-state index contributed by atoms with van der Waals surface area (Å²) in [6.45, 7) is 5.27. The molecule has 0 aliphatic carbocycles. The molecule has 1 aromatic heterocycles. The van der Waals surface area contributed by atoms with Crippen molar-refractivity contribution in [1.82, 2.24) is 4.98 Å². The monoisotopic (exact) mass is 383 g/mol. The molecule has 0 saturated heterocycles. The van der Waals surface area contributed by atoms with Crippen LogP contribution in [0.1, 0.15) is 27.7 Å². The second kappa shape index (κ2) is 7.67. The minimum Gasteiger partial charge on any atom is -0.326 e. The number of hydrogen-bond acceptors (Lipinski definition) is 4.